The van der Waals surface area contributed by atoms with Crippen molar-refractivity contribution in [3.8, 4) is 35.5 Å². The van der Waals surface area contributed by atoms with E-state index in [1.54, 1.807) is 60.0 Å². The molecule has 6 aromatic rings. The van der Waals surface area contributed by atoms with Gasteiger partial charge in [0.15, 0.2) is 90.6 Å². The van der Waals surface area contributed by atoms with E-state index in [0.717, 1.165) is 21.3 Å². The van der Waals surface area contributed by atoms with E-state index in [1.165, 1.54) is 23.5 Å². The molecule has 8 fully saturated rings. The van der Waals surface area contributed by atoms with Crippen LogP contribution in [0.25, 0.3) is 22.3 Å². The van der Waals surface area contributed by atoms with Crippen LogP contribution in [0, 0.1) is 35.5 Å². The van der Waals surface area contributed by atoms with Gasteiger partial charge in [-0.05, 0) is 89.8 Å². The zero-order chi connectivity index (χ0) is 71.4. The molecule has 0 unspecified atom stereocenters. The summed E-state index contributed by atoms with van der Waals surface area (Å²) >= 11 is 0. The van der Waals surface area contributed by atoms with Gasteiger partial charge in [0.2, 0.25) is 0 Å². The smallest absolute Gasteiger partial charge is 0.331 e. The molecule has 35 heteroatoms. The SMILES string of the molecule is CC(C)[Si](OC[C@H]1O[C@@H](n2c(C#C[C@@H](O)[C@H]3O[C@@H](n4c(C#C[C@@H](O)[C@H]5O[C@@H](n6c(C#C[C@@H](O)[C@H]7O[C@@H](n8cnc9c(N)ncnc98)[C@@H]8OC(C)(C)O[C@@H]87)nc7c(N)ncnc76)[C@@H]6OC(C)(C)O[C@@H]65)cc(=O)[nH]c4=O)[C@@H]4OC(C)(C)O[C@@H]43)cc(=O)[nH]c2=O)[C@@H]2OC(C)(C)O[C@@H]21)(C(C)C)C(C)C. The van der Waals surface area contributed by atoms with Crippen molar-refractivity contribution in [2.75, 3.05) is 18.1 Å². The van der Waals surface area contributed by atoms with Gasteiger partial charge in [0.1, 0.15) is 121 Å². The molecule has 0 aliphatic carbocycles. The van der Waals surface area contributed by atoms with Crippen LogP contribution in [0.4, 0.5) is 11.6 Å². The van der Waals surface area contributed by atoms with E-state index in [4.69, 9.17) is 77.7 Å². The third kappa shape index (κ3) is 12.1. The molecular weight excluding hydrogens is 1320 g/mol. The van der Waals surface area contributed by atoms with E-state index >= 15 is 0 Å². The van der Waals surface area contributed by atoms with Crippen LogP contribution in [-0.2, 0) is 61.3 Å². The van der Waals surface area contributed by atoms with Gasteiger partial charge in [0.05, 0.1) is 12.9 Å². The fourth-order valence-electron chi connectivity index (χ4n) is 15.7. The van der Waals surface area contributed by atoms with Crippen LogP contribution in [0.15, 0.2) is 50.3 Å². The summed E-state index contributed by atoms with van der Waals surface area (Å²) in [6.45, 7) is 26.7. The Kier molecular flexibility index (Phi) is 17.4. The van der Waals surface area contributed by atoms with Gasteiger partial charge < -0.3 is 88.1 Å². The maximum absolute atomic E-state index is 14.2. The van der Waals surface area contributed by atoms with Crippen molar-refractivity contribution in [3.05, 3.63) is 90.0 Å². The fourth-order valence-corrected chi connectivity index (χ4v) is 21.1. The number of aromatic amines is 2. The number of aromatic nitrogens is 12. The largest absolute Gasteiger partial charge is 0.413 e. The average molecular weight is 1410 g/mol. The van der Waals surface area contributed by atoms with Gasteiger partial charge in [-0.15, -0.1) is 0 Å². The topological polar surface area (TPSA) is 430 Å². The summed E-state index contributed by atoms with van der Waals surface area (Å²) in [4.78, 5) is 85.3. The number of H-pyrrole nitrogens is 2. The lowest BCUT2D eigenvalue weighted by Crippen LogP contribution is -2.50. The molecule has 0 amide bonds. The monoisotopic (exact) mass is 1400 g/mol. The molecule has 0 spiro atoms. The molecule has 0 aromatic carbocycles. The Balaban J connectivity index is 0.740. The minimum atomic E-state index is -2.43. The van der Waals surface area contributed by atoms with Crippen LogP contribution in [0.3, 0.4) is 0 Å². The maximum atomic E-state index is 14.2. The number of aliphatic hydroxyl groups excluding tert-OH is 3. The van der Waals surface area contributed by atoms with E-state index < -0.39 is 170 Å². The van der Waals surface area contributed by atoms with Crippen molar-refractivity contribution in [1.29, 1.82) is 0 Å². The predicted octanol–water partition coefficient (Wildman–Crippen LogP) is 0.930. The first kappa shape index (κ1) is 69.4. The molecule has 14 rings (SSSR count). The number of aliphatic hydroxyl groups is 3. The Bertz CT molecular complexity index is 4640. The van der Waals surface area contributed by atoms with Gasteiger partial charge in [0, 0.05) is 12.1 Å². The molecule has 14 heterocycles. The third-order valence-electron chi connectivity index (χ3n) is 19.4. The van der Waals surface area contributed by atoms with Crippen LogP contribution in [0.1, 0.15) is 139 Å². The molecule has 19 atom stereocenters. The number of imidazole rings is 2. The molecule has 0 saturated carbocycles. The lowest BCUT2D eigenvalue weighted by molar-refractivity contribution is -0.204. The van der Waals surface area contributed by atoms with Crippen molar-refractivity contribution in [1.82, 2.24) is 58.1 Å². The number of rotatable bonds is 13. The second-order valence-corrected chi connectivity index (χ2v) is 34.2. The Morgan fingerprint density at radius 1 is 0.510 bits per heavy atom. The van der Waals surface area contributed by atoms with Crippen LogP contribution in [-0.4, -0.2) is 203 Å². The first-order valence-electron chi connectivity index (χ1n) is 33.0. The Labute approximate surface area is 571 Å². The highest BCUT2D eigenvalue weighted by Gasteiger charge is 2.62. The summed E-state index contributed by atoms with van der Waals surface area (Å²) in [6.07, 6.45) is -18.1. The number of fused-ring (bicyclic) bond motifs is 6. The first-order valence-corrected chi connectivity index (χ1v) is 35.2. The summed E-state index contributed by atoms with van der Waals surface area (Å²) < 4.78 is 89.4. The molecule has 0 bridgehead atoms. The minimum absolute atomic E-state index is 0.0234. The van der Waals surface area contributed by atoms with Crippen LogP contribution in [0.2, 0.25) is 16.6 Å². The summed E-state index contributed by atoms with van der Waals surface area (Å²) in [5.74, 6) is 12.2. The molecule has 534 valence electrons. The molecule has 9 N–H and O–H groups in total. The van der Waals surface area contributed by atoms with E-state index in [0.29, 0.717) is 11.2 Å². The highest BCUT2D eigenvalue weighted by Crippen LogP contribution is 2.50. The summed E-state index contributed by atoms with van der Waals surface area (Å²) in [5.41, 5.74) is 10.2. The van der Waals surface area contributed by atoms with Crippen LogP contribution < -0.4 is 34.0 Å². The van der Waals surface area contributed by atoms with Gasteiger partial charge in [-0.25, -0.2) is 39.5 Å². The molecular formula is C65H80N14O20Si. The Hall–Kier alpha value is -7.68. The minimum Gasteiger partial charge on any atom is -0.413 e. The van der Waals surface area contributed by atoms with Gasteiger partial charge in [-0.2, -0.15) is 0 Å². The fraction of sp³-hybridized carbons (Fsp3) is 0.631. The van der Waals surface area contributed by atoms with Gasteiger partial charge >= 0.3 is 11.4 Å². The molecule has 34 nitrogen and oxygen atoms in total. The van der Waals surface area contributed by atoms with Gasteiger partial charge in [-0.3, -0.25) is 37.8 Å². The normalized spacial score (nSPS) is 32.1. The number of anilines is 2. The number of ether oxygens (including phenoxy) is 12. The number of nitrogens with two attached hydrogens (primary N) is 2. The summed E-state index contributed by atoms with van der Waals surface area (Å²) in [7, 11) is -2.43. The highest BCUT2D eigenvalue weighted by molar-refractivity contribution is 6.77. The molecule has 8 aliphatic heterocycles. The predicted molar refractivity (Wildman–Crippen MR) is 349 cm³/mol. The van der Waals surface area contributed by atoms with E-state index in [2.05, 4.69) is 112 Å². The molecule has 0 radical (unpaired) electrons. The molecule has 8 saturated heterocycles. The number of nitrogens with one attached hydrogen (secondary N) is 2. The second kappa shape index (κ2) is 25.1. The van der Waals surface area contributed by atoms with Crippen LogP contribution >= 0.6 is 0 Å². The lowest BCUT2D eigenvalue weighted by Gasteiger charge is -2.43. The average Bonchev–Trinajstić information content (AvgIpc) is 1.59. The Morgan fingerprint density at radius 3 is 1.38 bits per heavy atom. The van der Waals surface area contributed by atoms with Crippen molar-refractivity contribution in [3.63, 3.8) is 0 Å². The zero-order valence-corrected chi connectivity index (χ0v) is 58.2. The van der Waals surface area contributed by atoms with Crippen molar-refractivity contribution < 1.29 is 76.6 Å². The van der Waals surface area contributed by atoms with E-state index in [1.807, 2.05) is 0 Å². The second-order valence-electron chi connectivity index (χ2n) is 28.8. The highest BCUT2D eigenvalue weighted by atomic mass is 28.4. The summed E-state index contributed by atoms with van der Waals surface area (Å²) in [6, 6.07) is 2.10. The molecule has 6 aromatic heterocycles. The summed E-state index contributed by atoms with van der Waals surface area (Å²) in [5, 5.41) is 36.3. The van der Waals surface area contributed by atoms with Crippen molar-refractivity contribution >= 4 is 42.3 Å². The third-order valence-corrected chi connectivity index (χ3v) is 25.5. The number of nitrogens with zero attached hydrogens (tertiary/aromatic N) is 10. The lowest BCUT2D eigenvalue weighted by atomic mass is 10.1. The maximum Gasteiger partial charge on any atom is 0.331 e. The van der Waals surface area contributed by atoms with Crippen LogP contribution in [0.5, 0.6) is 0 Å². The standard InChI is InChI=1S/C65H80N14O20Si/c1-27(2)100(28(3)4,29(5)6)87-23-35-44-48(96-62(7,8)92-44)57(88-35)77-30(21-37(83)74-60(77)85)15-17-32(80)42-46-50(98-64(11,12)94-46)58(90-42)78-31(22-38(84)75-61(78)86)16-18-33(81)43-47-51(99-65(13,14)95-47)59(91-43)79-36(73-40-53(67)69-25-71-55(40)79)20-19-34(82)41-45-49(97-63(9,10)93-45)56(89-41)76-26-72-39-52(66)68-24-70-54(39)76/h21-22,24-29,32-35,41-51,56-59,80-82H,23H2,1-14H3,(H2,66,68,70)(H2,67,69,71)(H,74,83,85)(H,75,84,86)/t32-,33-,34-,35-,41-,42-,43-,44-,45-,46-,47-,48-,49-,50-,51-,56-,57-,58-,59-/m1/s1. The number of hydrogen-bond acceptors (Lipinski definition) is 28. The van der Waals surface area contributed by atoms with Crippen molar-refractivity contribution in [2.24, 2.45) is 0 Å². The number of hydrogen-bond donors (Lipinski definition) is 7. The van der Waals surface area contributed by atoms with E-state index in [-0.39, 0.29) is 63.2 Å². The first-order chi connectivity index (χ1) is 47.1. The Morgan fingerprint density at radius 2 is 0.900 bits per heavy atom. The number of nitrogen functional groups attached to an aromatic ring is 2. The molecule has 100 heavy (non-hydrogen) atoms. The molecule has 8 aliphatic rings. The zero-order valence-electron chi connectivity index (χ0n) is 57.2. The van der Waals surface area contributed by atoms with Crippen molar-refractivity contribution in [2.45, 2.75) is 253 Å². The van der Waals surface area contributed by atoms with E-state index in [9.17, 15) is 34.5 Å². The van der Waals surface area contributed by atoms with Gasteiger partial charge in [0.25, 0.3) is 11.1 Å². The van der Waals surface area contributed by atoms with Gasteiger partial charge in [-0.1, -0.05) is 59.3 Å². The quantitative estimate of drug-likeness (QED) is 0.0624.